The maximum Gasteiger partial charge on any atom is 0.144 e. The van der Waals surface area contributed by atoms with Gasteiger partial charge in [0.2, 0.25) is 0 Å². The zero-order valence-electron chi connectivity index (χ0n) is 10.8. The minimum atomic E-state index is 0.406. The van der Waals surface area contributed by atoms with E-state index in [-0.39, 0.29) is 0 Å². The molecule has 0 saturated heterocycles. The number of para-hydroxylation sites is 1. The molecule has 2 aromatic rings. The van der Waals surface area contributed by atoms with Gasteiger partial charge in [-0.1, -0.05) is 19.1 Å². The molecule has 0 spiro atoms. The van der Waals surface area contributed by atoms with Crippen LogP contribution in [0.3, 0.4) is 0 Å². The van der Waals surface area contributed by atoms with E-state index in [1.54, 1.807) is 12.4 Å². The lowest BCUT2D eigenvalue weighted by atomic mass is 10.3. The summed E-state index contributed by atoms with van der Waals surface area (Å²) < 4.78 is 6.61. The fourth-order valence-corrected chi connectivity index (χ4v) is 1.89. The van der Waals surface area contributed by atoms with Crippen molar-refractivity contribution in [1.29, 1.82) is 0 Å². The lowest BCUT2D eigenvalue weighted by Crippen LogP contribution is -2.04. The summed E-state index contributed by atoms with van der Waals surface area (Å²) in [5.74, 6) is 1.60. The monoisotopic (exact) mass is 321 g/mol. The molecule has 0 bridgehead atoms. The molecular formula is C14H16BrN3O. The number of hydrogen-bond donors (Lipinski definition) is 1. The van der Waals surface area contributed by atoms with Crippen LogP contribution in [0.5, 0.6) is 5.75 Å². The van der Waals surface area contributed by atoms with Crippen LogP contribution in [0, 0.1) is 0 Å². The first-order valence-corrected chi connectivity index (χ1v) is 7.01. The van der Waals surface area contributed by atoms with Gasteiger partial charge in [-0.05, 0) is 34.5 Å². The highest BCUT2D eigenvalue weighted by atomic mass is 79.9. The second kappa shape index (κ2) is 7.09. The van der Waals surface area contributed by atoms with Crippen LogP contribution in [0.15, 0.2) is 41.1 Å². The topological polar surface area (TPSA) is 47.0 Å². The predicted octanol–water partition coefficient (Wildman–Crippen LogP) is 3.64. The highest BCUT2D eigenvalue weighted by Crippen LogP contribution is 2.24. The highest BCUT2D eigenvalue weighted by Gasteiger charge is 2.02. The smallest absolute Gasteiger partial charge is 0.144 e. The van der Waals surface area contributed by atoms with Gasteiger partial charge >= 0.3 is 0 Å². The number of benzene rings is 1. The van der Waals surface area contributed by atoms with Gasteiger partial charge in [0.25, 0.3) is 0 Å². The van der Waals surface area contributed by atoms with E-state index in [2.05, 4.69) is 38.1 Å². The Hall–Kier alpha value is -1.62. The van der Waals surface area contributed by atoms with Crippen LogP contribution in [0.4, 0.5) is 5.82 Å². The number of rotatable bonds is 6. The zero-order valence-corrected chi connectivity index (χ0v) is 12.4. The second-order valence-corrected chi connectivity index (χ2v) is 4.89. The third-order valence-electron chi connectivity index (χ3n) is 2.47. The average molecular weight is 322 g/mol. The number of halogens is 1. The quantitative estimate of drug-likeness (QED) is 0.882. The largest absolute Gasteiger partial charge is 0.486 e. The lowest BCUT2D eigenvalue weighted by molar-refractivity contribution is 0.299. The fraction of sp³-hybridized carbons (Fsp3) is 0.286. The summed E-state index contributed by atoms with van der Waals surface area (Å²) in [7, 11) is 0. The first-order valence-electron chi connectivity index (χ1n) is 6.21. The molecule has 1 N–H and O–H groups in total. The first kappa shape index (κ1) is 13.8. The van der Waals surface area contributed by atoms with Gasteiger partial charge in [-0.2, -0.15) is 0 Å². The number of ether oxygens (including phenoxy) is 1. The van der Waals surface area contributed by atoms with Crippen LogP contribution >= 0.6 is 15.9 Å². The third-order valence-corrected chi connectivity index (χ3v) is 3.13. The van der Waals surface area contributed by atoms with Crippen molar-refractivity contribution in [2.24, 2.45) is 0 Å². The molecule has 0 unspecified atom stereocenters. The molecule has 19 heavy (non-hydrogen) atoms. The molecule has 0 aliphatic heterocycles. The van der Waals surface area contributed by atoms with Crippen LogP contribution < -0.4 is 10.1 Å². The number of aromatic nitrogens is 2. The number of hydrogen-bond acceptors (Lipinski definition) is 4. The Morgan fingerprint density at radius 1 is 1.21 bits per heavy atom. The van der Waals surface area contributed by atoms with Gasteiger partial charge in [0.15, 0.2) is 0 Å². The molecular weight excluding hydrogens is 306 g/mol. The van der Waals surface area contributed by atoms with Gasteiger partial charge in [0, 0.05) is 6.54 Å². The molecule has 100 valence electrons. The van der Waals surface area contributed by atoms with Crippen LogP contribution in [0.2, 0.25) is 0 Å². The zero-order chi connectivity index (χ0) is 13.5. The molecule has 0 amide bonds. The van der Waals surface area contributed by atoms with E-state index in [9.17, 15) is 0 Å². The Morgan fingerprint density at radius 3 is 2.74 bits per heavy atom. The van der Waals surface area contributed by atoms with Crippen LogP contribution in [-0.2, 0) is 6.61 Å². The Kier molecular flexibility index (Phi) is 5.15. The van der Waals surface area contributed by atoms with Crippen molar-refractivity contribution in [2.45, 2.75) is 20.0 Å². The second-order valence-electron chi connectivity index (χ2n) is 4.04. The van der Waals surface area contributed by atoms with Crippen molar-refractivity contribution in [3.8, 4) is 5.75 Å². The number of anilines is 1. The SMILES string of the molecule is CCCNc1cnc(COc2ccccc2Br)cn1. The molecule has 5 heteroatoms. The highest BCUT2D eigenvalue weighted by molar-refractivity contribution is 9.10. The Balaban J connectivity index is 1.91. The molecule has 0 aliphatic carbocycles. The third kappa shape index (κ3) is 4.21. The maximum atomic E-state index is 5.67. The van der Waals surface area contributed by atoms with E-state index < -0.39 is 0 Å². The van der Waals surface area contributed by atoms with E-state index in [1.807, 2.05) is 24.3 Å². The summed E-state index contributed by atoms with van der Waals surface area (Å²) in [6.45, 7) is 3.42. The van der Waals surface area contributed by atoms with Gasteiger partial charge < -0.3 is 10.1 Å². The summed E-state index contributed by atoms with van der Waals surface area (Å²) in [4.78, 5) is 8.60. The predicted molar refractivity (Wildman–Crippen MR) is 79.3 cm³/mol. The van der Waals surface area contributed by atoms with Gasteiger partial charge in [0.1, 0.15) is 18.2 Å². The van der Waals surface area contributed by atoms with Gasteiger partial charge in [-0.3, -0.25) is 4.98 Å². The van der Waals surface area contributed by atoms with Crippen LogP contribution in [0.1, 0.15) is 19.0 Å². The molecule has 0 fully saturated rings. The van der Waals surface area contributed by atoms with Gasteiger partial charge in [-0.25, -0.2) is 4.98 Å². The summed E-state index contributed by atoms with van der Waals surface area (Å²) in [6.07, 6.45) is 4.53. The summed E-state index contributed by atoms with van der Waals surface area (Å²) >= 11 is 3.44. The number of nitrogens with one attached hydrogen (secondary N) is 1. The Bertz CT molecular complexity index is 516. The van der Waals surface area contributed by atoms with Gasteiger partial charge in [0.05, 0.1) is 22.6 Å². The van der Waals surface area contributed by atoms with Crippen molar-refractivity contribution in [3.05, 3.63) is 46.8 Å². The van der Waals surface area contributed by atoms with Crippen molar-refractivity contribution in [1.82, 2.24) is 9.97 Å². The van der Waals surface area contributed by atoms with Crippen molar-refractivity contribution in [2.75, 3.05) is 11.9 Å². The van der Waals surface area contributed by atoms with E-state index in [1.165, 1.54) is 0 Å². The molecule has 0 radical (unpaired) electrons. The maximum absolute atomic E-state index is 5.67. The molecule has 2 rings (SSSR count). The fourth-order valence-electron chi connectivity index (χ4n) is 1.49. The minimum Gasteiger partial charge on any atom is -0.486 e. The standard InChI is InChI=1S/C14H16BrN3O/c1-2-7-16-14-9-17-11(8-18-14)10-19-13-6-4-3-5-12(13)15/h3-6,8-9H,2,7,10H2,1H3,(H,16,18). The van der Waals surface area contributed by atoms with Crippen molar-refractivity contribution < 1.29 is 4.74 Å². The summed E-state index contributed by atoms with van der Waals surface area (Å²) in [5.41, 5.74) is 0.804. The van der Waals surface area contributed by atoms with Crippen LogP contribution in [-0.4, -0.2) is 16.5 Å². The minimum absolute atomic E-state index is 0.406. The first-order chi connectivity index (χ1) is 9.29. The lowest BCUT2D eigenvalue weighted by Gasteiger charge is -2.08. The van der Waals surface area contributed by atoms with Crippen molar-refractivity contribution in [3.63, 3.8) is 0 Å². The van der Waals surface area contributed by atoms with E-state index >= 15 is 0 Å². The molecule has 4 nitrogen and oxygen atoms in total. The Labute approximate surface area is 121 Å². The normalized spacial score (nSPS) is 10.2. The van der Waals surface area contributed by atoms with E-state index in [0.717, 1.165) is 34.7 Å². The average Bonchev–Trinajstić information content (AvgIpc) is 2.45. The molecule has 1 heterocycles. The van der Waals surface area contributed by atoms with E-state index in [0.29, 0.717) is 6.61 Å². The molecule has 0 aliphatic rings. The van der Waals surface area contributed by atoms with Crippen LogP contribution in [0.25, 0.3) is 0 Å². The molecule has 1 aromatic carbocycles. The summed E-state index contributed by atoms with van der Waals surface area (Å²) in [6, 6.07) is 7.74. The van der Waals surface area contributed by atoms with Gasteiger partial charge in [-0.15, -0.1) is 0 Å². The van der Waals surface area contributed by atoms with E-state index in [4.69, 9.17) is 4.74 Å². The molecule has 1 aromatic heterocycles. The molecule has 0 saturated carbocycles. The molecule has 0 atom stereocenters. The number of nitrogens with zero attached hydrogens (tertiary/aromatic N) is 2. The Morgan fingerprint density at radius 2 is 2.05 bits per heavy atom. The summed E-state index contributed by atoms with van der Waals surface area (Å²) in [5, 5.41) is 3.18. The van der Waals surface area contributed by atoms with Crippen molar-refractivity contribution >= 4 is 21.7 Å².